The van der Waals surface area contributed by atoms with Gasteiger partial charge in [-0.15, -0.1) is 0 Å². The fourth-order valence-corrected chi connectivity index (χ4v) is 5.34. The second kappa shape index (κ2) is 10.8. The summed E-state index contributed by atoms with van der Waals surface area (Å²) in [5.41, 5.74) is 1.88. The van der Waals surface area contributed by atoms with Gasteiger partial charge in [0, 0.05) is 30.1 Å². The molecule has 42 heavy (non-hydrogen) atoms. The van der Waals surface area contributed by atoms with Crippen molar-refractivity contribution in [3.63, 3.8) is 0 Å². The molecule has 4 heterocycles. The summed E-state index contributed by atoms with van der Waals surface area (Å²) < 4.78 is 38.6. The number of fused-ring (bicyclic) bond motifs is 1. The van der Waals surface area contributed by atoms with Crippen LogP contribution in [-0.2, 0) is 15.4 Å². The standard InChI is InChI=1S/C29H22Cl2FN5O5/c1-39-26-19(15-33-28(35-26)40-2)25-34-22-24(37(25)29(41-3)12-4-5-13-42-29)23(16-6-8-17(30)9-7-16)36(27(22)38)18-10-11-21(32)20(31)14-18/h4-15,23H,1-3H3/t23-,29+/m0/s1. The van der Waals surface area contributed by atoms with Crippen molar-refractivity contribution >= 4 is 34.8 Å². The number of nitrogens with zero attached hydrogens (tertiary/aromatic N) is 5. The highest BCUT2D eigenvalue weighted by molar-refractivity contribution is 6.31. The van der Waals surface area contributed by atoms with Crippen molar-refractivity contribution in [1.82, 2.24) is 19.5 Å². The summed E-state index contributed by atoms with van der Waals surface area (Å²) >= 11 is 12.4. The highest BCUT2D eigenvalue weighted by Gasteiger charge is 2.50. The average molecular weight is 610 g/mol. The van der Waals surface area contributed by atoms with Crippen LogP contribution in [0.25, 0.3) is 11.4 Å². The van der Waals surface area contributed by atoms with Crippen LogP contribution < -0.4 is 14.4 Å². The molecule has 0 bridgehead atoms. The monoisotopic (exact) mass is 609 g/mol. The highest BCUT2D eigenvalue weighted by Crippen LogP contribution is 2.48. The first-order valence-electron chi connectivity index (χ1n) is 12.5. The molecule has 1 amide bonds. The Kier molecular flexibility index (Phi) is 7.09. The van der Waals surface area contributed by atoms with E-state index in [0.29, 0.717) is 27.5 Å². The third-order valence-corrected chi connectivity index (χ3v) is 7.45. The SMILES string of the molecule is COc1ncc(-c2nc3c(n2[C@@]2(OC)C=CC=CO2)[C@H](c2ccc(Cl)cc2)N(c2ccc(F)c(Cl)c2)C3=O)c(OC)n1. The summed E-state index contributed by atoms with van der Waals surface area (Å²) in [4.78, 5) is 29.1. The Bertz CT molecular complexity index is 1760. The zero-order chi connectivity index (χ0) is 29.6. The van der Waals surface area contributed by atoms with Crippen molar-refractivity contribution in [2.75, 3.05) is 26.2 Å². The Morgan fingerprint density at radius 1 is 1.02 bits per heavy atom. The van der Waals surface area contributed by atoms with Crippen LogP contribution in [0.2, 0.25) is 10.0 Å². The molecule has 0 spiro atoms. The molecule has 2 aromatic heterocycles. The molecule has 4 aromatic rings. The lowest BCUT2D eigenvalue weighted by Gasteiger charge is -2.35. The minimum atomic E-state index is -1.59. The number of amides is 1. The molecule has 0 fully saturated rings. The van der Waals surface area contributed by atoms with Crippen LogP contribution in [0.15, 0.2) is 73.2 Å². The Morgan fingerprint density at radius 2 is 1.81 bits per heavy atom. The van der Waals surface area contributed by atoms with E-state index in [2.05, 4.69) is 9.97 Å². The summed E-state index contributed by atoms with van der Waals surface area (Å²) in [7, 11) is 4.34. The number of hydrogen-bond donors (Lipinski definition) is 0. The Morgan fingerprint density at radius 3 is 2.45 bits per heavy atom. The summed E-state index contributed by atoms with van der Waals surface area (Å²) in [6.07, 6.45) is 8.06. The molecule has 2 aliphatic heterocycles. The van der Waals surface area contributed by atoms with E-state index in [1.54, 1.807) is 47.1 Å². The van der Waals surface area contributed by atoms with Gasteiger partial charge in [-0.25, -0.2) is 14.4 Å². The largest absolute Gasteiger partial charge is 0.480 e. The molecule has 13 heteroatoms. The quantitative estimate of drug-likeness (QED) is 0.255. The summed E-state index contributed by atoms with van der Waals surface area (Å²) in [5, 5.41) is 0.367. The van der Waals surface area contributed by atoms with Gasteiger partial charge in [-0.2, -0.15) is 4.98 Å². The van der Waals surface area contributed by atoms with E-state index < -0.39 is 23.7 Å². The minimum absolute atomic E-state index is 0.0777. The van der Waals surface area contributed by atoms with Gasteiger partial charge < -0.3 is 18.9 Å². The van der Waals surface area contributed by atoms with Gasteiger partial charge in [0.05, 0.1) is 36.8 Å². The lowest BCUT2D eigenvalue weighted by atomic mass is 10.0. The van der Waals surface area contributed by atoms with Gasteiger partial charge in [-0.3, -0.25) is 14.3 Å². The highest BCUT2D eigenvalue weighted by atomic mass is 35.5. The number of rotatable bonds is 7. The number of carbonyl (C=O) groups excluding carboxylic acids is 1. The Balaban J connectivity index is 1.68. The van der Waals surface area contributed by atoms with E-state index in [-0.39, 0.29) is 28.4 Å². The second-order valence-electron chi connectivity index (χ2n) is 9.15. The minimum Gasteiger partial charge on any atom is -0.480 e. The Labute approximate surface area is 249 Å². The molecule has 2 aliphatic rings. The maximum absolute atomic E-state index is 14.3. The number of benzene rings is 2. The summed E-state index contributed by atoms with van der Waals surface area (Å²) in [6.45, 7) is 0. The molecule has 0 saturated carbocycles. The van der Waals surface area contributed by atoms with Crippen molar-refractivity contribution < 1.29 is 28.1 Å². The van der Waals surface area contributed by atoms with Crippen LogP contribution in [0.5, 0.6) is 11.9 Å². The first-order chi connectivity index (χ1) is 20.3. The van der Waals surface area contributed by atoms with Crippen LogP contribution in [-0.4, -0.2) is 46.8 Å². The van der Waals surface area contributed by atoms with Crippen molar-refractivity contribution in [1.29, 1.82) is 0 Å². The number of carbonyl (C=O) groups is 1. The molecule has 0 unspecified atom stereocenters. The third kappa shape index (κ3) is 4.37. The zero-order valence-corrected chi connectivity index (χ0v) is 23.9. The van der Waals surface area contributed by atoms with Crippen LogP contribution in [0.1, 0.15) is 27.8 Å². The molecular formula is C29H22Cl2FN5O5. The predicted octanol–water partition coefficient (Wildman–Crippen LogP) is 5.91. The zero-order valence-electron chi connectivity index (χ0n) is 22.4. The number of allylic oxidation sites excluding steroid dienone is 2. The van der Waals surface area contributed by atoms with Gasteiger partial charge in [0.2, 0.25) is 5.88 Å². The number of hydrogen-bond acceptors (Lipinski definition) is 8. The molecular weight excluding hydrogens is 588 g/mol. The molecule has 0 radical (unpaired) electrons. The van der Waals surface area contributed by atoms with Crippen LogP contribution in [0.3, 0.4) is 0 Å². The molecule has 10 nitrogen and oxygen atoms in total. The second-order valence-corrected chi connectivity index (χ2v) is 10.00. The molecule has 2 aromatic carbocycles. The smallest absolute Gasteiger partial charge is 0.321 e. The molecule has 0 N–H and O–H groups in total. The van der Waals surface area contributed by atoms with Gasteiger partial charge in [0.1, 0.15) is 11.9 Å². The summed E-state index contributed by atoms with van der Waals surface area (Å²) in [5.74, 6) is -2.30. The number of imidazole rings is 1. The van der Waals surface area contributed by atoms with Gasteiger partial charge in [0.25, 0.3) is 5.91 Å². The fraction of sp³-hybridized carbons (Fsp3) is 0.172. The number of ether oxygens (including phenoxy) is 4. The van der Waals surface area contributed by atoms with E-state index in [1.807, 2.05) is 0 Å². The molecule has 2 atom stereocenters. The lowest BCUT2D eigenvalue weighted by molar-refractivity contribution is -0.216. The normalized spacial score (nSPS) is 19.1. The van der Waals surface area contributed by atoms with E-state index >= 15 is 0 Å². The number of methoxy groups -OCH3 is 3. The first-order valence-corrected chi connectivity index (χ1v) is 13.3. The van der Waals surface area contributed by atoms with Crippen LogP contribution >= 0.6 is 23.2 Å². The summed E-state index contributed by atoms with van der Waals surface area (Å²) in [6, 6.07) is 10.4. The number of anilines is 1. The van der Waals surface area contributed by atoms with Crippen LogP contribution in [0, 0.1) is 5.82 Å². The lowest BCUT2D eigenvalue weighted by Crippen LogP contribution is -2.39. The average Bonchev–Trinajstić information content (AvgIpc) is 3.54. The topological polar surface area (TPSA) is 101 Å². The molecule has 214 valence electrons. The van der Waals surface area contributed by atoms with Gasteiger partial charge in [0.15, 0.2) is 11.5 Å². The number of halogens is 3. The number of aromatic nitrogens is 4. The molecule has 0 saturated heterocycles. The first kappa shape index (κ1) is 27.7. The van der Waals surface area contributed by atoms with Crippen LogP contribution in [0.4, 0.5) is 10.1 Å². The Hall–Kier alpha value is -4.45. The molecule has 6 rings (SSSR count). The van der Waals surface area contributed by atoms with E-state index in [1.165, 1.54) is 56.9 Å². The molecule has 0 aliphatic carbocycles. The van der Waals surface area contributed by atoms with Crippen molar-refractivity contribution in [2.45, 2.75) is 12.0 Å². The third-order valence-electron chi connectivity index (χ3n) is 6.90. The van der Waals surface area contributed by atoms with Gasteiger partial charge >= 0.3 is 11.9 Å². The van der Waals surface area contributed by atoms with Gasteiger partial charge in [-0.05, 0) is 42.0 Å². The predicted molar refractivity (Wildman–Crippen MR) is 152 cm³/mol. The fourth-order valence-electron chi connectivity index (χ4n) is 5.04. The van der Waals surface area contributed by atoms with Crippen molar-refractivity contribution in [3.8, 4) is 23.3 Å². The van der Waals surface area contributed by atoms with Crippen molar-refractivity contribution in [3.05, 3.63) is 106 Å². The maximum atomic E-state index is 14.3. The van der Waals surface area contributed by atoms with E-state index in [9.17, 15) is 9.18 Å². The van der Waals surface area contributed by atoms with E-state index in [0.717, 1.165) is 0 Å². The van der Waals surface area contributed by atoms with Crippen molar-refractivity contribution in [2.24, 2.45) is 0 Å². The maximum Gasteiger partial charge on any atom is 0.321 e. The van der Waals surface area contributed by atoms with Gasteiger partial charge in [-0.1, -0.05) is 41.4 Å². The van der Waals surface area contributed by atoms with E-state index in [4.69, 9.17) is 47.1 Å².